The molecule has 0 aliphatic carbocycles. The predicted octanol–water partition coefficient (Wildman–Crippen LogP) is 3.11. The van der Waals surface area contributed by atoms with Gasteiger partial charge < -0.3 is 14.8 Å². The summed E-state index contributed by atoms with van der Waals surface area (Å²) in [4.78, 5) is 33.9. The molecule has 2 rings (SSSR count). The molecule has 140 valence electrons. The summed E-state index contributed by atoms with van der Waals surface area (Å²) in [5, 5.41) is 13.3. The first-order chi connectivity index (χ1) is 12.9. The van der Waals surface area contributed by atoms with Crippen molar-refractivity contribution in [2.45, 2.75) is 6.92 Å². The number of benzene rings is 2. The number of methoxy groups -OCH3 is 1. The molecular formula is C19H18N2O6. The van der Waals surface area contributed by atoms with Crippen molar-refractivity contribution in [1.82, 2.24) is 0 Å². The number of nitrogens with one attached hydrogen (secondary N) is 1. The van der Waals surface area contributed by atoms with Crippen LogP contribution in [-0.4, -0.2) is 30.5 Å². The van der Waals surface area contributed by atoms with E-state index in [0.29, 0.717) is 16.9 Å². The Morgan fingerprint density at radius 2 is 1.96 bits per heavy atom. The zero-order valence-electron chi connectivity index (χ0n) is 14.8. The molecule has 8 nitrogen and oxygen atoms in total. The zero-order valence-corrected chi connectivity index (χ0v) is 14.8. The van der Waals surface area contributed by atoms with Crippen molar-refractivity contribution in [2.75, 3.05) is 19.0 Å². The molecule has 0 unspecified atom stereocenters. The number of esters is 1. The first-order valence-electron chi connectivity index (χ1n) is 7.93. The molecule has 0 radical (unpaired) electrons. The second-order valence-electron chi connectivity index (χ2n) is 5.49. The standard InChI is InChI=1S/C19H18N2O6/c1-13-7-9-15(21(24)25)11-16(13)20-18(22)12-27-19(23)10-8-14-5-3-4-6-17(14)26-2/h3-11H,12H2,1-2H3,(H,20,22)/b10-8+. The van der Waals surface area contributed by atoms with E-state index in [1.165, 1.54) is 37.5 Å². The van der Waals surface area contributed by atoms with Crippen LogP contribution in [0.2, 0.25) is 0 Å². The van der Waals surface area contributed by atoms with E-state index in [4.69, 9.17) is 9.47 Å². The minimum atomic E-state index is -0.702. The Bertz CT molecular complexity index is 892. The van der Waals surface area contributed by atoms with Gasteiger partial charge in [0.2, 0.25) is 0 Å². The van der Waals surface area contributed by atoms with E-state index in [1.54, 1.807) is 31.2 Å². The van der Waals surface area contributed by atoms with Crippen LogP contribution < -0.4 is 10.1 Å². The van der Waals surface area contributed by atoms with Crippen LogP contribution in [0.25, 0.3) is 6.08 Å². The van der Waals surface area contributed by atoms with E-state index < -0.39 is 23.4 Å². The van der Waals surface area contributed by atoms with E-state index >= 15 is 0 Å². The van der Waals surface area contributed by atoms with Crippen LogP contribution >= 0.6 is 0 Å². The lowest BCUT2D eigenvalue weighted by molar-refractivity contribution is -0.384. The third kappa shape index (κ3) is 5.67. The van der Waals surface area contributed by atoms with Gasteiger partial charge in [0, 0.05) is 23.8 Å². The third-order valence-corrected chi connectivity index (χ3v) is 3.59. The Hall–Kier alpha value is -3.68. The molecule has 0 heterocycles. The second kappa shape index (κ2) is 9.14. The van der Waals surface area contributed by atoms with Crippen LogP contribution in [0, 0.1) is 17.0 Å². The quantitative estimate of drug-likeness (QED) is 0.347. The van der Waals surface area contributed by atoms with Crippen molar-refractivity contribution in [3.05, 3.63) is 69.8 Å². The number of rotatable bonds is 7. The number of para-hydroxylation sites is 1. The largest absolute Gasteiger partial charge is 0.496 e. The average Bonchev–Trinajstić information content (AvgIpc) is 2.66. The summed E-state index contributed by atoms with van der Waals surface area (Å²) in [6.45, 7) is 1.18. The SMILES string of the molecule is COc1ccccc1/C=C/C(=O)OCC(=O)Nc1cc([N+](=O)[O-])ccc1C. The molecule has 2 aromatic carbocycles. The predicted molar refractivity (Wildman–Crippen MR) is 99.5 cm³/mol. The van der Waals surface area contributed by atoms with Gasteiger partial charge >= 0.3 is 5.97 Å². The maximum absolute atomic E-state index is 11.9. The number of aryl methyl sites for hydroxylation is 1. The maximum Gasteiger partial charge on any atom is 0.331 e. The molecule has 0 aromatic heterocycles. The fourth-order valence-electron chi connectivity index (χ4n) is 2.19. The first-order valence-corrected chi connectivity index (χ1v) is 7.93. The van der Waals surface area contributed by atoms with E-state index in [1.807, 2.05) is 0 Å². The van der Waals surface area contributed by atoms with Crippen molar-refractivity contribution in [2.24, 2.45) is 0 Å². The van der Waals surface area contributed by atoms with Crippen molar-refractivity contribution in [1.29, 1.82) is 0 Å². The molecule has 1 amide bonds. The third-order valence-electron chi connectivity index (χ3n) is 3.59. The summed E-state index contributed by atoms with van der Waals surface area (Å²) < 4.78 is 10.0. The number of hydrogen-bond donors (Lipinski definition) is 1. The minimum Gasteiger partial charge on any atom is -0.496 e. The molecule has 0 saturated carbocycles. The van der Waals surface area contributed by atoms with Gasteiger partial charge in [-0.05, 0) is 24.6 Å². The number of non-ortho nitro benzene ring substituents is 1. The Kier molecular flexibility index (Phi) is 6.65. The van der Waals surface area contributed by atoms with Gasteiger partial charge in [-0.1, -0.05) is 24.3 Å². The highest BCUT2D eigenvalue weighted by atomic mass is 16.6. The molecular weight excluding hydrogens is 352 g/mol. The second-order valence-corrected chi connectivity index (χ2v) is 5.49. The van der Waals surface area contributed by atoms with Crippen molar-refractivity contribution in [3.63, 3.8) is 0 Å². The number of hydrogen-bond acceptors (Lipinski definition) is 6. The number of anilines is 1. The molecule has 0 aliphatic rings. The van der Waals surface area contributed by atoms with Crippen molar-refractivity contribution in [3.8, 4) is 5.75 Å². The normalized spacial score (nSPS) is 10.4. The van der Waals surface area contributed by atoms with Gasteiger partial charge in [0.1, 0.15) is 5.75 Å². The number of carbonyl (C=O) groups excluding carboxylic acids is 2. The summed E-state index contributed by atoms with van der Waals surface area (Å²) in [7, 11) is 1.52. The summed E-state index contributed by atoms with van der Waals surface area (Å²) in [6, 6.07) is 11.2. The number of nitro groups is 1. The van der Waals surface area contributed by atoms with Crippen molar-refractivity contribution < 1.29 is 24.0 Å². The Balaban J connectivity index is 1.92. The fourth-order valence-corrected chi connectivity index (χ4v) is 2.19. The highest BCUT2D eigenvalue weighted by Gasteiger charge is 2.12. The molecule has 27 heavy (non-hydrogen) atoms. The smallest absolute Gasteiger partial charge is 0.331 e. The molecule has 0 atom stereocenters. The van der Waals surface area contributed by atoms with Crippen LogP contribution in [0.15, 0.2) is 48.5 Å². The van der Waals surface area contributed by atoms with Crippen LogP contribution in [0.3, 0.4) is 0 Å². The lowest BCUT2D eigenvalue weighted by Crippen LogP contribution is -2.20. The van der Waals surface area contributed by atoms with Crippen LogP contribution in [0.1, 0.15) is 11.1 Å². The number of carbonyl (C=O) groups is 2. The first kappa shape index (κ1) is 19.6. The Morgan fingerprint density at radius 3 is 2.67 bits per heavy atom. The summed E-state index contributed by atoms with van der Waals surface area (Å²) in [6.07, 6.45) is 2.70. The monoisotopic (exact) mass is 370 g/mol. The van der Waals surface area contributed by atoms with Gasteiger partial charge in [0.15, 0.2) is 6.61 Å². The maximum atomic E-state index is 11.9. The molecule has 0 spiro atoms. The average molecular weight is 370 g/mol. The number of amides is 1. The molecule has 1 N–H and O–H groups in total. The van der Waals surface area contributed by atoms with E-state index in [9.17, 15) is 19.7 Å². The highest BCUT2D eigenvalue weighted by molar-refractivity contribution is 5.95. The zero-order chi connectivity index (χ0) is 19.8. The number of nitro benzene ring substituents is 1. The molecule has 0 bridgehead atoms. The van der Waals surface area contributed by atoms with Gasteiger partial charge in [-0.3, -0.25) is 14.9 Å². The lowest BCUT2D eigenvalue weighted by atomic mass is 10.2. The van der Waals surface area contributed by atoms with E-state index in [-0.39, 0.29) is 11.4 Å². The number of ether oxygens (including phenoxy) is 2. The summed E-state index contributed by atoms with van der Waals surface area (Å²) in [5.41, 5.74) is 1.48. The number of nitrogens with zero attached hydrogens (tertiary/aromatic N) is 1. The summed E-state index contributed by atoms with van der Waals surface area (Å²) >= 11 is 0. The van der Waals surface area contributed by atoms with Gasteiger partial charge in [0.25, 0.3) is 11.6 Å². The van der Waals surface area contributed by atoms with Gasteiger partial charge in [-0.15, -0.1) is 0 Å². The van der Waals surface area contributed by atoms with Gasteiger partial charge in [-0.2, -0.15) is 0 Å². The fraction of sp³-hybridized carbons (Fsp3) is 0.158. The Morgan fingerprint density at radius 1 is 1.22 bits per heavy atom. The molecule has 8 heteroatoms. The molecule has 0 fully saturated rings. The molecule has 2 aromatic rings. The Labute approximate surface area is 155 Å². The molecule has 0 aliphatic heterocycles. The van der Waals surface area contributed by atoms with Crippen LogP contribution in [0.4, 0.5) is 11.4 Å². The van der Waals surface area contributed by atoms with Crippen LogP contribution in [0.5, 0.6) is 5.75 Å². The van der Waals surface area contributed by atoms with Crippen molar-refractivity contribution >= 4 is 29.3 Å². The van der Waals surface area contributed by atoms with E-state index in [2.05, 4.69) is 5.32 Å². The van der Waals surface area contributed by atoms with Crippen LogP contribution in [-0.2, 0) is 14.3 Å². The topological polar surface area (TPSA) is 108 Å². The molecule has 0 saturated heterocycles. The minimum absolute atomic E-state index is 0.146. The van der Waals surface area contributed by atoms with Gasteiger partial charge in [0.05, 0.1) is 17.7 Å². The van der Waals surface area contributed by atoms with Gasteiger partial charge in [-0.25, -0.2) is 4.79 Å². The highest BCUT2D eigenvalue weighted by Crippen LogP contribution is 2.22. The summed E-state index contributed by atoms with van der Waals surface area (Å²) in [5.74, 6) is -0.704. The lowest BCUT2D eigenvalue weighted by Gasteiger charge is -2.08. The van der Waals surface area contributed by atoms with E-state index in [0.717, 1.165) is 0 Å².